The van der Waals surface area contributed by atoms with Crippen LogP contribution in [0, 0.1) is 5.82 Å². The number of halogens is 2. The molecule has 1 atom stereocenters. The monoisotopic (exact) mass is 686 g/mol. The molecule has 238 valence electrons. The van der Waals surface area contributed by atoms with Crippen LogP contribution in [0.5, 0.6) is 5.75 Å². The zero-order valence-electron chi connectivity index (χ0n) is 25.1. The molecule has 0 radical (unpaired) electrons. The molecule has 0 aliphatic carbocycles. The second-order valence-corrected chi connectivity index (χ2v) is 12.7. The number of nitrogens with zero attached hydrogens (tertiary/aromatic N) is 1. The van der Waals surface area contributed by atoms with Crippen molar-refractivity contribution in [2.75, 3.05) is 17.7 Å². The first-order valence-electron chi connectivity index (χ1n) is 14.2. The predicted molar refractivity (Wildman–Crippen MR) is 186 cm³/mol. The van der Waals surface area contributed by atoms with Gasteiger partial charge in [0.2, 0.25) is 5.91 Å². The number of benzene rings is 4. The van der Waals surface area contributed by atoms with Crippen LogP contribution in [-0.2, 0) is 9.59 Å². The van der Waals surface area contributed by atoms with E-state index in [4.69, 9.17) is 16.3 Å². The summed E-state index contributed by atoms with van der Waals surface area (Å²) in [7, 11) is 1.60. The highest BCUT2D eigenvalue weighted by Crippen LogP contribution is 2.30. The fourth-order valence-corrected chi connectivity index (χ4v) is 6.14. The number of carbonyl (C=O) groups is 3. The lowest BCUT2D eigenvalue weighted by Crippen LogP contribution is -2.30. The molecular formula is C35H28ClFN4O4S2. The lowest BCUT2D eigenvalue weighted by Gasteiger charge is -2.14. The molecule has 1 heterocycles. The molecule has 3 N–H and O–H groups in total. The van der Waals surface area contributed by atoms with Crippen LogP contribution in [0.15, 0.2) is 113 Å². The average molecular weight is 687 g/mol. The molecule has 8 nitrogen and oxygen atoms in total. The molecule has 0 saturated carbocycles. The maximum atomic E-state index is 14.6. The Morgan fingerprint density at radius 3 is 2.43 bits per heavy atom. The summed E-state index contributed by atoms with van der Waals surface area (Å²) in [6.45, 7) is 1.77. The molecule has 0 bridgehead atoms. The third-order valence-corrected chi connectivity index (χ3v) is 8.89. The van der Waals surface area contributed by atoms with Gasteiger partial charge in [-0.15, -0.1) is 23.1 Å². The predicted octanol–water partition coefficient (Wildman–Crippen LogP) is 8.14. The minimum atomic E-state index is -0.696. The number of carbonyl (C=O) groups excluding carboxylic acids is 3. The Morgan fingerprint density at radius 2 is 1.70 bits per heavy atom. The quantitative estimate of drug-likeness (QED) is 0.0956. The average Bonchev–Trinajstić information content (AvgIpc) is 3.54. The SMILES string of the molecule is COc1ccc(-c2csc(NC(=O)C(C)Sc3cccc(NC(=O)/C(=C\c4c(F)cccc4Cl)NC(=O)c4ccccc4)c3)n2)cc1. The van der Waals surface area contributed by atoms with Crippen LogP contribution in [0.4, 0.5) is 15.2 Å². The van der Waals surface area contributed by atoms with Crippen molar-refractivity contribution in [2.45, 2.75) is 17.1 Å². The lowest BCUT2D eigenvalue weighted by atomic mass is 10.1. The van der Waals surface area contributed by atoms with Crippen molar-refractivity contribution in [2.24, 2.45) is 0 Å². The number of rotatable bonds is 11. The van der Waals surface area contributed by atoms with Crippen molar-refractivity contribution in [3.63, 3.8) is 0 Å². The fraction of sp³-hybridized carbons (Fsp3) is 0.0857. The zero-order valence-corrected chi connectivity index (χ0v) is 27.5. The zero-order chi connectivity index (χ0) is 33.3. The highest BCUT2D eigenvalue weighted by molar-refractivity contribution is 8.00. The summed E-state index contributed by atoms with van der Waals surface area (Å²) in [5.74, 6) is -1.41. The van der Waals surface area contributed by atoms with Gasteiger partial charge in [0.1, 0.15) is 17.3 Å². The Bertz CT molecular complexity index is 1910. The Hall–Kier alpha value is -4.97. The van der Waals surface area contributed by atoms with E-state index in [1.165, 1.54) is 47.4 Å². The highest BCUT2D eigenvalue weighted by Gasteiger charge is 2.19. The van der Waals surface area contributed by atoms with Gasteiger partial charge in [0.25, 0.3) is 11.8 Å². The first kappa shape index (κ1) is 33.4. The maximum Gasteiger partial charge on any atom is 0.272 e. The summed E-state index contributed by atoms with van der Waals surface area (Å²) in [5, 5.41) is 10.1. The van der Waals surface area contributed by atoms with E-state index >= 15 is 0 Å². The van der Waals surface area contributed by atoms with Crippen LogP contribution < -0.4 is 20.7 Å². The van der Waals surface area contributed by atoms with Crippen LogP contribution in [0.25, 0.3) is 17.3 Å². The summed E-state index contributed by atoms with van der Waals surface area (Å²) < 4.78 is 19.8. The third-order valence-electron chi connectivity index (χ3n) is 6.71. The van der Waals surface area contributed by atoms with Crippen LogP contribution in [-0.4, -0.2) is 35.1 Å². The minimum Gasteiger partial charge on any atom is -0.497 e. The van der Waals surface area contributed by atoms with Gasteiger partial charge in [0, 0.05) is 32.7 Å². The normalized spacial score (nSPS) is 11.8. The largest absolute Gasteiger partial charge is 0.497 e. The van der Waals surface area contributed by atoms with E-state index < -0.39 is 22.9 Å². The summed E-state index contributed by atoms with van der Waals surface area (Å²) in [5.41, 5.74) is 2.09. The smallest absolute Gasteiger partial charge is 0.272 e. The molecule has 3 amide bonds. The molecule has 1 aromatic heterocycles. The van der Waals surface area contributed by atoms with Crippen molar-refractivity contribution >= 4 is 69.3 Å². The Balaban J connectivity index is 1.26. The number of methoxy groups -OCH3 is 1. The molecule has 0 aliphatic rings. The van der Waals surface area contributed by atoms with E-state index in [-0.39, 0.29) is 22.2 Å². The van der Waals surface area contributed by atoms with Crippen molar-refractivity contribution in [3.05, 3.63) is 130 Å². The third kappa shape index (κ3) is 8.85. The summed E-state index contributed by atoms with van der Waals surface area (Å²) in [4.78, 5) is 44.6. The number of hydrogen-bond donors (Lipinski definition) is 3. The van der Waals surface area contributed by atoms with Crippen LogP contribution in [0.1, 0.15) is 22.8 Å². The molecule has 5 rings (SSSR count). The van der Waals surface area contributed by atoms with Crippen molar-refractivity contribution in [3.8, 4) is 17.0 Å². The Kier molecular flexibility index (Phi) is 11.0. The summed E-state index contributed by atoms with van der Waals surface area (Å²) in [6, 6.07) is 26.8. The van der Waals surface area contributed by atoms with Gasteiger partial charge in [0.15, 0.2) is 5.13 Å². The van der Waals surface area contributed by atoms with E-state index in [0.717, 1.165) is 17.0 Å². The molecule has 0 aliphatic heterocycles. The van der Waals surface area contributed by atoms with Gasteiger partial charge < -0.3 is 20.7 Å². The summed E-state index contributed by atoms with van der Waals surface area (Å²) in [6.07, 6.45) is 1.19. The second-order valence-electron chi connectivity index (χ2n) is 10.0. The number of thioether (sulfide) groups is 1. The van der Waals surface area contributed by atoms with Gasteiger partial charge in [0.05, 0.1) is 23.1 Å². The molecule has 1 unspecified atom stereocenters. The number of thiazole rings is 1. The van der Waals surface area contributed by atoms with Gasteiger partial charge in [-0.05, 0) is 79.7 Å². The summed E-state index contributed by atoms with van der Waals surface area (Å²) >= 11 is 8.82. The Morgan fingerprint density at radius 1 is 0.957 bits per heavy atom. The van der Waals surface area contributed by atoms with Crippen LogP contribution >= 0.6 is 34.7 Å². The molecule has 0 saturated heterocycles. The number of nitrogens with one attached hydrogen (secondary N) is 3. The van der Waals surface area contributed by atoms with Gasteiger partial charge in [-0.3, -0.25) is 14.4 Å². The molecule has 47 heavy (non-hydrogen) atoms. The van der Waals surface area contributed by atoms with E-state index in [0.29, 0.717) is 21.3 Å². The lowest BCUT2D eigenvalue weighted by molar-refractivity contribution is -0.115. The molecule has 5 aromatic rings. The van der Waals surface area contributed by atoms with Crippen LogP contribution in [0.2, 0.25) is 5.02 Å². The number of amides is 3. The number of aromatic nitrogens is 1. The topological polar surface area (TPSA) is 109 Å². The van der Waals surface area contributed by atoms with Gasteiger partial charge >= 0.3 is 0 Å². The minimum absolute atomic E-state index is 0.0480. The molecular weight excluding hydrogens is 659 g/mol. The standard InChI is InChI=1S/C35H28ClFN4O4S2/c1-21(32(42)41-35-40-31(20-46-35)22-14-16-25(45-2)17-15-22)47-26-11-6-10-24(18-26)38-34(44)30(19-27-28(36)12-7-13-29(27)37)39-33(43)23-8-4-3-5-9-23/h3-21H,1-2H3,(H,38,44)(H,39,43)(H,40,41,42)/b30-19+. The number of hydrogen-bond acceptors (Lipinski definition) is 7. The van der Waals surface area contributed by atoms with Crippen molar-refractivity contribution in [1.82, 2.24) is 10.3 Å². The molecule has 0 fully saturated rings. The number of ether oxygens (including phenoxy) is 1. The van der Waals surface area contributed by atoms with E-state index in [1.807, 2.05) is 35.7 Å². The first-order chi connectivity index (χ1) is 22.7. The first-order valence-corrected chi connectivity index (χ1v) is 16.3. The van der Waals surface area contributed by atoms with Crippen molar-refractivity contribution in [1.29, 1.82) is 0 Å². The second kappa shape index (κ2) is 15.5. The Labute approximate surface area is 284 Å². The van der Waals surface area contributed by atoms with Crippen LogP contribution in [0.3, 0.4) is 0 Å². The maximum absolute atomic E-state index is 14.6. The fourth-order valence-electron chi connectivity index (χ4n) is 4.27. The number of anilines is 2. The van der Waals surface area contributed by atoms with E-state index in [2.05, 4.69) is 20.9 Å². The molecule has 0 spiro atoms. The van der Waals surface area contributed by atoms with Gasteiger partial charge in [-0.25, -0.2) is 9.37 Å². The van der Waals surface area contributed by atoms with Crippen molar-refractivity contribution < 1.29 is 23.5 Å². The van der Waals surface area contributed by atoms with E-state index in [9.17, 15) is 18.8 Å². The van der Waals surface area contributed by atoms with Gasteiger partial charge in [-0.2, -0.15) is 0 Å². The highest BCUT2D eigenvalue weighted by atomic mass is 35.5. The van der Waals surface area contributed by atoms with Gasteiger partial charge in [-0.1, -0.05) is 41.9 Å². The van der Waals surface area contributed by atoms with E-state index in [1.54, 1.807) is 62.6 Å². The molecule has 12 heteroatoms. The molecule has 4 aromatic carbocycles.